The highest BCUT2D eigenvalue weighted by Gasteiger charge is 2.32. The Labute approximate surface area is 135 Å². The van der Waals surface area contributed by atoms with Crippen LogP contribution in [0.3, 0.4) is 0 Å². The number of hydrogen-bond donors (Lipinski definition) is 0. The zero-order chi connectivity index (χ0) is 16.2. The molecular weight excluding hydrogens is 292 g/mol. The predicted octanol–water partition coefficient (Wildman–Crippen LogP) is 1.89. The van der Waals surface area contributed by atoms with Crippen LogP contribution < -0.4 is 9.64 Å². The molecule has 0 N–H and O–H groups in total. The minimum Gasteiger partial charge on any atom is -0.496 e. The van der Waals surface area contributed by atoms with Gasteiger partial charge in [0.15, 0.2) is 0 Å². The summed E-state index contributed by atoms with van der Waals surface area (Å²) in [5.41, 5.74) is 1.01. The summed E-state index contributed by atoms with van der Waals surface area (Å²) in [6, 6.07) is 9.55. The third kappa shape index (κ3) is 3.11. The van der Waals surface area contributed by atoms with Crippen molar-refractivity contribution >= 4 is 11.9 Å². The number of para-hydroxylation sites is 1. The van der Waals surface area contributed by atoms with Crippen molar-refractivity contribution < 1.29 is 9.53 Å². The van der Waals surface area contributed by atoms with Gasteiger partial charge in [-0.05, 0) is 12.1 Å². The molecule has 1 aromatic carbocycles. The van der Waals surface area contributed by atoms with Crippen molar-refractivity contribution in [1.29, 1.82) is 0 Å². The summed E-state index contributed by atoms with van der Waals surface area (Å²) >= 11 is 0. The summed E-state index contributed by atoms with van der Waals surface area (Å²) in [4.78, 5) is 24.7. The molecule has 1 aliphatic rings. The minimum absolute atomic E-state index is 0.0644. The number of hydrogen-bond acceptors (Lipinski definition) is 5. The SMILES string of the molecule is COc1ccccc1[C@@H]1CN(c2ncccn2)CCN1C(C)=O. The number of methoxy groups -OCH3 is 1. The van der Waals surface area contributed by atoms with Gasteiger partial charge in [0.25, 0.3) is 0 Å². The Balaban J connectivity index is 1.94. The Bertz CT molecular complexity index is 677. The van der Waals surface area contributed by atoms with Crippen LogP contribution in [0.25, 0.3) is 0 Å². The highest BCUT2D eigenvalue weighted by atomic mass is 16.5. The van der Waals surface area contributed by atoms with E-state index in [2.05, 4.69) is 14.9 Å². The fraction of sp³-hybridized carbons (Fsp3) is 0.353. The van der Waals surface area contributed by atoms with E-state index in [4.69, 9.17) is 4.74 Å². The second-order valence-electron chi connectivity index (χ2n) is 5.46. The van der Waals surface area contributed by atoms with Gasteiger partial charge in [-0.1, -0.05) is 18.2 Å². The molecule has 6 heteroatoms. The van der Waals surface area contributed by atoms with E-state index >= 15 is 0 Å². The molecule has 1 atom stereocenters. The number of rotatable bonds is 3. The molecule has 1 amide bonds. The van der Waals surface area contributed by atoms with Gasteiger partial charge in [0, 0.05) is 44.5 Å². The van der Waals surface area contributed by atoms with Crippen molar-refractivity contribution in [3.8, 4) is 5.75 Å². The van der Waals surface area contributed by atoms with Crippen LogP contribution in [0.2, 0.25) is 0 Å². The van der Waals surface area contributed by atoms with Gasteiger partial charge < -0.3 is 14.5 Å². The monoisotopic (exact) mass is 312 g/mol. The van der Waals surface area contributed by atoms with Crippen LogP contribution in [0.15, 0.2) is 42.7 Å². The molecule has 0 aliphatic carbocycles. The number of anilines is 1. The van der Waals surface area contributed by atoms with Gasteiger partial charge in [-0.3, -0.25) is 4.79 Å². The number of benzene rings is 1. The van der Waals surface area contributed by atoms with Gasteiger partial charge >= 0.3 is 0 Å². The number of ether oxygens (including phenoxy) is 1. The highest BCUT2D eigenvalue weighted by Crippen LogP contribution is 2.32. The average Bonchev–Trinajstić information content (AvgIpc) is 2.61. The first kappa shape index (κ1) is 15.3. The number of piperazine rings is 1. The van der Waals surface area contributed by atoms with Gasteiger partial charge in [-0.25, -0.2) is 9.97 Å². The van der Waals surface area contributed by atoms with Crippen LogP contribution in [0, 0.1) is 0 Å². The maximum Gasteiger partial charge on any atom is 0.225 e. The van der Waals surface area contributed by atoms with E-state index in [1.165, 1.54) is 0 Å². The van der Waals surface area contributed by atoms with Crippen LogP contribution in [0.1, 0.15) is 18.5 Å². The third-order valence-corrected chi connectivity index (χ3v) is 4.12. The summed E-state index contributed by atoms with van der Waals surface area (Å²) in [5, 5.41) is 0. The lowest BCUT2D eigenvalue weighted by molar-refractivity contribution is -0.131. The molecule has 0 unspecified atom stereocenters. The number of aromatic nitrogens is 2. The molecule has 120 valence electrons. The molecule has 2 heterocycles. The minimum atomic E-state index is -0.0822. The summed E-state index contributed by atoms with van der Waals surface area (Å²) in [6.07, 6.45) is 3.47. The standard InChI is InChI=1S/C17H20N4O2/c1-13(22)21-11-10-20(17-18-8-5-9-19-17)12-15(21)14-6-3-4-7-16(14)23-2/h3-9,15H,10-12H2,1-2H3/t15-/m0/s1. The molecule has 1 aliphatic heterocycles. The first-order valence-corrected chi connectivity index (χ1v) is 7.63. The van der Waals surface area contributed by atoms with Crippen LogP contribution >= 0.6 is 0 Å². The molecule has 0 radical (unpaired) electrons. The first-order valence-electron chi connectivity index (χ1n) is 7.63. The molecule has 2 aromatic rings. The van der Waals surface area contributed by atoms with E-state index in [1.807, 2.05) is 29.2 Å². The Morgan fingerprint density at radius 3 is 2.61 bits per heavy atom. The van der Waals surface area contributed by atoms with E-state index in [-0.39, 0.29) is 11.9 Å². The lowest BCUT2D eigenvalue weighted by atomic mass is 10.0. The van der Waals surface area contributed by atoms with Crippen molar-refractivity contribution in [2.75, 3.05) is 31.6 Å². The van der Waals surface area contributed by atoms with Gasteiger partial charge in [0.1, 0.15) is 5.75 Å². The van der Waals surface area contributed by atoms with E-state index < -0.39 is 0 Å². The first-order chi connectivity index (χ1) is 11.2. The molecule has 1 aromatic heterocycles. The van der Waals surface area contributed by atoms with Crippen molar-refractivity contribution in [3.63, 3.8) is 0 Å². The van der Waals surface area contributed by atoms with Crippen molar-refractivity contribution in [2.24, 2.45) is 0 Å². The maximum absolute atomic E-state index is 12.1. The fourth-order valence-corrected chi connectivity index (χ4v) is 3.00. The molecule has 0 bridgehead atoms. The third-order valence-electron chi connectivity index (χ3n) is 4.12. The summed E-state index contributed by atoms with van der Waals surface area (Å²) in [7, 11) is 1.65. The Kier molecular flexibility index (Phi) is 4.41. The molecule has 1 fully saturated rings. The van der Waals surface area contributed by atoms with Crippen molar-refractivity contribution in [2.45, 2.75) is 13.0 Å². The second kappa shape index (κ2) is 6.64. The number of nitrogens with zero attached hydrogens (tertiary/aromatic N) is 4. The summed E-state index contributed by atoms with van der Waals surface area (Å²) in [6.45, 7) is 3.60. The van der Waals surface area contributed by atoms with E-state index in [9.17, 15) is 4.79 Å². The van der Waals surface area contributed by atoms with Gasteiger partial charge in [-0.15, -0.1) is 0 Å². The second-order valence-corrected chi connectivity index (χ2v) is 5.46. The molecule has 3 rings (SSSR count). The number of carbonyl (C=O) groups excluding carboxylic acids is 1. The molecule has 0 spiro atoms. The zero-order valence-corrected chi connectivity index (χ0v) is 13.3. The molecular formula is C17H20N4O2. The van der Waals surface area contributed by atoms with Gasteiger partial charge in [-0.2, -0.15) is 0 Å². The number of carbonyl (C=O) groups is 1. The van der Waals surface area contributed by atoms with Crippen molar-refractivity contribution in [1.82, 2.24) is 14.9 Å². The van der Waals surface area contributed by atoms with E-state index in [1.54, 1.807) is 32.5 Å². The largest absolute Gasteiger partial charge is 0.496 e. The number of amides is 1. The summed E-state index contributed by atoms with van der Waals surface area (Å²) in [5.74, 6) is 1.55. The fourth-order valence-electron chi connectivity index (χ4n) is 3.00. The highest BCUT2D eigenvalue weighted by molar-refractivity contribution is 5.74. The Hall–Kier alpha value is -2.63. The average molecular weight is 312 g/mol. The Morgan fingerprint density at radius 1 is 1.17 bits per heavy atom. The zero-order valence-electron chi connectivity index (χ0n) is 13.3. The topological polar surface area (TPSA) is 58.6 Å². The van der Waals surface area contributed by atoms with Crippen LogP contribution in [-0.4, -0.2) is 47.5 Å². The molecule has 0 saturated carbocycles. The predicted molar refractivity (Wildman–Crippen MR) is 87.4 cm³/mol. The molecule has 23 heavy (non-hydrogen) atoms. The van der Waals surface area contributed by atoms with Crippen LogP contribution in [0.5, 0.6) is 5.75 Å². The lowest BCUT2D eigenvalue weighted by Crippen LogP contribution is -2.50. The Morgan fingerprint density at radius 2 is 1.91 bits per heavy atom. The lowest BCUT2D eigenvalue weighted by Gasteiger charge is -2.41. The van der Waals surface area contributed by atoms with Gasteiger partial charge in [0.2, 0.25) is 11.9 Å². The maximum atomic E-state index is 12.1. The summed E-state index contributed by atoms with van der Waals surface area (Å²) < 4.78 is 5.48. The molecule has 6 nitrogen and oxygen atoms in total. The quantitative estimate of drug-likeness (QED) is 0.866. The van der Waals surface area contributed by atoms with Crippen LogP contribution in [0.4, 0.5) is 5.95 Å². The normalized spacial score (nSPS) is 17.9. The molecule has 1 saturated heterocycles. The smallest absolute Gasteiger partial charge is 0.225 e. The van der Waals surface area contributed by atoms with Crippen molar-refractivity contribution in [3.05, 3.63) is 48.3 Å². The van der Waals surface area contributed by atoms with Crippen LogP contribution in [-0.2, 0) is 4.79 Å². The van der Waals surface area contributed by atoms with Gasteiger partial charge in [0.05, 0.1) is 13.2 Å². The van der Waals surface area contributed by atoms with E-state index in [0.717, 1.165) is 17.9 Å². The van der Waals surface area contributed by atoms with E-state index in [0.29, 0.717) is 19.0 Å².